The molecule has 882 valence electrons. The Balaban J connectivity index is -0.000000386. The van der Waals surface area contributed by atoms with Gasteiger partial charge < -0.3 is 93.0 Å². The molecular weight excluding hydrogens is 1940 g/mol. The first kappa shape index (κ1) is 152. The third kappa shape index (κ3) is 70.9. The van der Waals surface area contributed by atoms with Gasteiger partial charge in [-0.15, -0.1) is 0 Å². The van der Waals surface area contributed by atoms with Crippen LogP contribution in [0.3, 0.4) is 0 Å². The Labute approximate surface area is 901 Å². The Morgan fingerprint density at radius 3 is 0.927 bits per heavy atom. The van der Waals surface area contributed by atoms with Crippen molar-refractivity contribution in [3.05, 3.63) is 0 Å². The minimum Gasteiger partial charge on any atom is -0.481 e. The van der Waals surface area contributed by atoms with Crippen molar-refractivity contribution in [2.45, 2.75) is 466 Å². The summed E-state index contributed by atoms with van der Waals surface area (Å²) in [4.78, 5) is 173. The van der Waals surface area contributed by atoms with Crippen molar-refractivity contribution in [2.75, 3.05) is 52.9 Å². The SMILES string of the molecule is CC(C)CC(C)(C)C(=O)N(C)CC(=O)O.CC(C)CC(C)(C)C(=O)NC(C(=O)O)C(C)C.CC(C)CC(C)(C)C(=O)NC(C)(C)C(=O)O.CC(C)CC(C)(C)C(=O)NC(C)C(=O)O.CC(C)CC(C)(C)C(=O)NC(CC(=O)O)C(F)(F)F.CC(C)CC(C)(C)C(=O)NC1(CC(=O)O)CC1.CC(C)CC(C)(C)C(=O)NC1(CC(=O)O)CCC1.CC(C)CC(C)(C)C(=O)O.CC(C)CC1CCN(CCO)CC1.CC(C)CC1CCNCC1. The van der Waals surface area contributed by atoms with Crippen LogP contribution >= 0.6 is 0 Å². The fraction of sp³-hybridized carbons (Fsp3) is 0.868. The summed E-state index contributed by atoms with van der Waals surface area (Å²) in [5.41, 5.74) is -6.64. The number of nitrogens with zero attached hydrogens (tertiary/aromatic N) is 2. The molecule has 2 saturated carbocycles. The summed E-state index contributed by atoms with van der Waals surface area (Å²) in [6.07, 6.45) is 12.3. The van der Waals surface area contributed by atoms with E-state index in [1.807, 2.05) is 166 Å². The minimum atomic E-state index is -4.78. The second kappa shape index (κ2) is 69.6. The molecule has 16 N–H and O–H groups in total. The summed E-state index contributed by atoms with van der Waals surface area (Å²) in [5.74, 6) is -2.85. The first-order valence-corrected chi connectivity index (χ1v) is 54.5. The number of amides is 7. The van der Waals surface area contributed by atoms with E-state index in [0.29, 0.717) is 54.5 Å². The zero-order valence-corrected chi connectivity index (χ0v) is 101. The van der Waals surface area contributed by atoms with Crippen molar-refractivity contribution in [2.24, 2.45) is 120 Å². The molecule has 0 aromatic heterocycles. The molecule has 3 atom stereocenters. The number of piperidine rings is 2. The van der Waals surface area contributed by atoms with Gasteiger partial charge in [-0.2, -0.15) is 13.2 Å². The van der Waals surface area contributed by atoms with Gasteiger partial charge in [-0.05, 0) is 260 Å². The predicted octanol–water partition coefficient (Wildman–Crippen LogP) is 20.8. The zero-order chi connectivity index (χ0) is 120. The van der Waals surface area contributed by atoms with E-state index in [4.69, 9.17) is 46.0 Å². The van der Waals surface area contributed by atoms with Gasteiger partial charge in [0.1, 0.15) is 30.2 Å². The highest BCUT2D eigenvalue weighted by Gasteiger charge is 2.50. The normalized spacial score (nSPS) is 15.6. The molecule has 2 aliphatic carbocycles. The lowest BCUT2D eigenvalue weighted by molar-refractivity contribution is -0.172. The summed E-state index contributed by atoms with van der Waals surface area (Å²) < 4.78 is 37.8. The number of hydrogen-bond acceptors (Lipinski definition) is 18. The fourth-order valence-corrected chi connectivity index (χ4v) is 19.2. The summed E-state index contributed by atoms with van der Waals surface area (Å²) in [6.45, 7) is 84.6. The number of aliphatic carboxylic acids is 8. The third-order valence-corrected chi connectivity index (χ3v) is 26.0. The van der Waals surface area contributed by atoms with Crippen LogP contribution in [0.5, 0.6) is 0 Å². The van der Waals surface area contributed by atoms with Gasteiger partial charge in [0.05, 0.1) is 42.4 Å². The van der Waals surface area contributed by atoms with Crippen LogP contribution < -0.4 is 37.2 Å². The van der Waals surface area contributed by atoms with Crippen molar-refractivity contribution in [3.8, 4) is 0 Å². The molecule has 2 saturated heterocycles. The number of aliphatic hydroxyl groups excluding tert-OH is 1. The van der Waals surface area contributed by atoms with E-state index in [1.165, 1.54) is 111 Å². The number of likely N-dealkylation sites (tertiary alicyclic amines) is 1. The molecule has 0 spiro atoms. The van der Waals surface area contributed by atoms with Crippen molar-refractivity contribution in [3.63, 3.8) is 0 Å². The Morgan fingerprint density at radius 1 is 0.367 bits per heavy atom. The van der Waals surface area contributed by atoms with Gasteiger partial charge in [-0.3, -0.25) is 62.3 Å². The molecule has 33 nitrogen and oxygen atoms in total. The van der Waals surface area contributed by atoms with E-state index in [2.05, 4.69) is 92.2 Å². The lowest BCUT2D eigenvalue weighted by Gasteiger charge is -2.43. The number of halogens is 3. The van der Waals surface area contributed by atoms with Crippen LogP contribution in [-0.2, 0) is 71.9 Å². The summed E-state index contributed by atoms with van der Waals surface area (Å²) >= 11 is 0. The monoisotopic (exact) mass is 2150 g/mol. The largest absolute Gasteiger partial charge is 0.481 e. The lowest BCUT2D eigenvalue weighted by Crippen LogP contribution is -2.57. The van der Waals surface area contributed by atoms with Gasteiger partial charge in [0.25, 0.3) is 0 Å². The summed E-state index contributed by atoms with van der Waals surface area (Å²) in [5, 5.41) is 97.6. The molecule has 4 rings (SSSR count). The maximum Gasteiger partial charge on any atom is 0.409 e. The van der Waals surface area contributed by atoms with E-state index in [0.717, 1.165) is 107 Å². The number of hydrogen-bond donors (Lipinski definition) is 16. The van der Waals surface area contributed by atoms with Crippen LogP contribution in [0.2, 0.25) is 0 Å². The molecule has 4 fully saturated rings. The number of nitrogens with one attached hydrogen (secondary N) is 7. The molecular formula is C114H216F3N9O24. The third-order valence-electron chi connectivity index (χ3n) is 26.0. The van der Waals surface area contributed by atoms with Gasteiger partial charge in [0.15, 0.2) is 0 Å². The number of carboxylic acids is 8. The van der Waals surface area contributed by atoms with Crippen molar-refractivity contribution in [1.29, 1.82) is 0 Å². The Hall–Kier alpha value is -8.28. The van der Waals surface area contributed by atoms with Crippen LogP contribution in [0.25, 0.3) is 0 Å². The highest BCUT2D eigenvalue weighted by molar-refractivity contribution is 5.91. The van der Waals surface area contributed by atoms with E-state index in [1.54, 1.807) is 33.0 Å². The molecule has 0 aromatic rings. The molecule has 0 radical (unpaired) electrons. The number of β-amino-alcohol motifs (C(OH)–C–C–N with tert-alkyl or cyclic N) is 1. The minimum absolute atomic E-state index is 0.0165. The van der Waals surface area contributed by atoms with Crippen LogP contribution in [0, 0.1) is 120 Å². The number of likely N-dealkylation sites (N-methyl/N-ethyl adjacent to an activating group) is 1. The van der Waals surface area contributed by atoms with E-state index in [9.17, 15) is 85.1 Å². The van der Waals surface area contributed by atoms with E-state index < -0.39 is 144 Å². The summed E-state index contributed by atoms with van der Waals surface area (Å²) in [6, 6.07) is -4.00. The van der Waals surface area contributed by atoms with Gasteiger partial charge in [0, 0.05) is 51.5 Å². The second-order valence-electron chi connectivity index (χ2n) is 52.8. The Bertz CT molecular complexity index is 4030. The van der Waals surface area contributed by atoms with Crippen molar-refractivity contribution in [1.82, 2.24) is 47.0 Å². The molecule has 2 aliphatic heterocycles. The van der Waals surface area contributed by atoms with Gasteiger partial charge in [0.2, 0.25) is 41.4 Å². The predicted molar refractivity (Wildman–Crippen MR) is 589 cm³/mol. The number of aliphatic hydroxyl groups is 1. The standard InChI is InChI=1S/C14H25NO3.C13H23NO3.C13H25NO3.C12H20F3NO3.C12H23NO3.2C11H21NO3.C11H23NO.C9H19N.C8H16O2/c1-10(2)8-13(3,4)12(18)15-14(6-5-7-14)9-11(16)17;1-9(2)7-12(3,4)11(17)14-13(5-6-13)8-10(15)16;1-8(2)7-13(5,6)12(17)14-10(9(3)4)11(15)16;1-7(2)6-11(3,4)10(19)16-8(5-9(17)18)12(13,14)15;1-8(2)7-11(3,4)9(14)13-12(5,6)10(15)16;1-8(2)6-11(3,4)10(15)12(5)7-9(13)14;1-7(2)6-11(4,5)10(15)12-8(3)9(13)14;1-10(2)9-11-3-5-12(6-4-11)7-8-13;1-8(2)7-9-3-5-10-6-4-9;1-6(2)5-8(3,4)7(9)10/h10H,5-9H2,1-4H3,(H,15,18)(H,16,17);9H,5-8H2,1-4H3,(H,14,17)(H,15,16);8-10H,7H2,1-6H3,(H,14,17)(H,15,16);7-8H,5-6H2,1-4H3,(H,16,19)(H,17,18);8H,7H2,1-6H3,(H,13,14)(H,15,16);8H,6-7H2,1-5H3,(H,13,14);7-8H,6H2,1-5H3,(H,12,15)(H,13,14);10-11,13H,3-9H2,1-2H3;8-10H,3-7H2,1-2H3;6H,5H2,1-4H3,(H,9,10). The van der Waals surface area contributed by atoms with Gasteiger partial charge >= 0.3 is 53.9 Å². The van der Waals surface area contributed by atoms with Crippen LogP contribution in [0.4, 0.5) is 13.2 Å². The van der Waals surface area contributed by atoms with Crippen LogP contribution in [-0.4, -0.2) is 239 Å². The van der Waals surface area contributed by atoms with Crippen molar-refractivity contribution >= 4 is 89.1 Å². The lowest BCUT2D eigenvalue weighted by atomic mass is 9.73. The van der Waals surface area contributed by atoms with E-state index in [-0.39, 0.29) is 66.7 Å². The quantitative estimate of drug-likeness (QED) is 0.0269. The topological polar surface area (TPSA) is 529 Å². The number of rotatable bonds is 48. The van der Waals surface area contributed by atoms with Gasteiger partial charge in [-0.25, -0.2) is 9.59 Å². The second-order valence-corrected chi connectivity index (χ2v) is 52.8. The number of carbonyl (C=O) groups is 15. The molecule has 7 amide bonds. The molecule has 0 aromatic carbocycles. The average Bonchev–Trinajstić information content (AvgIpc) is 1.37. The Morgan fingerprint density at radius 2 is 0.673 bits per heavy atom. The first-order chi connectivity index (χ1) is 67.5. The van der Waals surface area contributed by atoms with Crippen LogP contribution in [0.15, 0.2) is 0 Å². The van der Waals surface area contributed by atoms with Crippen molar-refractivity contribution < 1.29 is 131 Å². The molecule has 150 heavy (non-hydrogen) atoms. The van der Waals surface area contributed by atoms with E-state index >= 15 is 0 Å². The number of alkyl halides is 3. The molecule has 36 heteroatoms. The highest BCUT2D eigenvalue weighted by Crippen LogP contribution is 2.42. The fourth-order valence-electron chi connectivity index (χ4n) is 19.2. The first-order valence-electron chi connectivity index (χ1n) is 54.5. The maximum absolute atomic E-state index is 12.6. The summed E-state index contributed by atoms with van der Waals surface area (Å²) in [7, 11) is 1.53. The molecule has 3 unspecified atom stereocenters. The smallest absolute Gasteiger partial charge is 0.409 e. The molecule has 0 bridgehead atoms. The number of carboxylic acid groups (broad SMARTS) is 8. The van der Waals surface area contributed by atoms with Crippen LogP contribution in [0.1, 0.15) is 425 Å². The molecule has 4 aliphatic rings. The average molecular weight is 2150 g/mol. The molecule has 2 heterocycles. The Kier molecular flexibility index (Phi) is 70.7. The highest BCUT2D eigenvalue weighted by atomic mass is 19.4. The van der Waals surface area contributed by atoms with Gasteiger partial charge in [-0.1, -0.05) is 249 Å². The zero-order valence-electron chi connectivity index (χ0n) is 101. The number of carbonyl (C=O) groups excluding carboxylic acids is 7. The maximum atomic E-state index is 12.6.